The van der Waals surface area contributed by atoms with Gasteiger partial charge in [-0.2, -0.15) is 5.10 Å². The maximum Gasteiger partial charge on any atom is 0.145 e. The second kappa shape index (κ2) is 5.85. The van der Waals surface area contributed by atoms with E-state index in [1.165, 1.54) is 6.07 Å². The predicted octanol–water partition coefficient (Wildman–Crippen LogP) is 2.75. The number of halogens is 1. The molecule has 1 fully saturated rings. The van der Waals surface area contributed by atoms with E-state index < -0.39 is 0 Å². The first-order chi connectivity index (χ1) is 10.1. The van der Waals surface area contributed by atoms with Gasteiger partial charge in [0, 0.05) is 25.8 Å². The Morgan fingerprint density at radius 1 is 1.29 bits per heavy atom. The van der Waals surface area contributed by atoms with Crippen LogP contribution in [0.5, 0.6) is 0 Å². The second-order valence-electron chi connectivity index (χ2n) is 5.80. The summed E-state index contributed by atoms with van der Waals surface area (Å²) < 4.78 is 15.3. The molecule has 21 heavy (non-hydrogen) atoms. The zero-order valence-corrected chi connectivity index (χ0v) is 12.3. The van der Waals surface area contributed by atoms with Crippen LogP contribution in [0.4, 0.5) is 10.2 Å². The van der Waals surface area contributed by atoms with Crippen LogP contribution < -0.4 is 5.73 Å². The summed E-state index contributed by atoms with van der Waals surface area (Å²) in [5, 5.41) is 4.30. The van der Waals surface area contributed by atoms with Gasteiger partial charge < -0.3 is 5.73 Å². The molecule has 2 aromatic rings. The number of aromatic nitrogens is 2. The fourth-order valence-corrected chi connectivity index (χ4v) is 2.95. The fraction of sp³-hybridized carbons (Fsp3) is 0.438. The minimum absolute atomic E-state index is 0.155. The van der Waals surface area contributed by atoms with Crippen molar-refractivity contribution in [3.05, 3.63) is 47.4 Å². The van der Waals surface area contributed by atoms with Crippen molar-refractivity contribution in [2.24, 2.45) is 0 Å². The van der Waals surface area contributed by atoms with Crippen molar-refractivity contribution in [2.45, 2.75) is 32.4 Å². The van der Waals surface area contributed by atoms with Crippen molar-refractivity contribution >= 4 is 5.82 Å². The Balaban J connectivity index is 1.60. The summed E-state index contributed by atoms with van der Waals surface area (Å²) in [6.07, 6.45) is 4.05. The lowest BCUT2D eigenvalue weighted by atomic mass is 10.0. The number of hydrogen-bond donors (Lipinski definition) is 1. The van der Waals surface area contributed by atoms with E-state index in [9.17, 15) is 4.39 Å². The van der Waals surface area contributed by atoms with Crippen molar-refractivity contribution in [3.63, 3.8) is 0 Å². The lowest BCUT2D eigenvalue weighted by molar-refractivity contribution is 0.173. The van der Waals surface area contributed by atoms with Crippen molar-refractivity contribution in [3.8, 4) is 0 Å². The van der Waals surface area contributed by atoms with Gasteiger partial charge in [-0.1, -0.05) is 6.07 Å². The van der Waals surface area contributed by atoms with E-state index in [2.05, 4.69) is 10.00 Å². The van der Waals surface area contributed by atoms with E-state index in [-0.39, 0.29) is 5.82 Å². The lowest BCUT2D eigenvalue weighted by Crippen LogP contribution is -2.34. The molecular weight excluding hydrogens is 267 g/mol. The number of nitrogens with two attached hydrogens (primary N) is 1. The van der Waals surface area contributed by atoms with Gasteiger partial charge in [0.2, 0.25) is 0 Å². The van der Waals surface area contributed by atoms with Crippen LogP contribution in [0, 0.1) is 12.7 Å². The van der Waals surface area contributed by atoms with Gasteiger partial charge in [-0.25, -0.2) is 4.39 Å². The molecule has 5 heteroatoms. The first-order valence-corrected chi connectivity index (χ1v) is 7.40. The third-order valence-corrected chi connectivity index (χ3v) is 4.27. The first kappa shape index (κ1) is 14.1. The van der Waals surface area contributed by atoms with Crippen LogP contribution in [-0.2, 0) is 6.54 Å². The molecule has 0 spiro atoms. The summed E-state index contributed by atoms with van der Waals surface area (Å²) in [4.78, 5) is 2.38. The number of hydrogen-bond acceptors (Lipinski definition) is 3. The Labute approximate surface area is 124 Å². The van der Waals surface area contributed by atoms with Crippen LogP contribution in [0.1, 0.15) is 30.0 Å². The Morgan fingerprint density at radius 3 is 2.71 bits per heavy atom. The van der Waals surface area contributed by atoms with Crippen LogP contribution in [0.3, 0.4) is 0 Å². The molecule has 4 nitrogen and oxygen atoms in total. The first-order valence-electron chi connectivity index (χ1n) is 7.40. The Bertz CT molecular complexity index is 614. The third kappa shape index (κ3) is 3.24. The molecule has 0 saturated carbocycles. The van der Waals surface area contributed by atoms with E-state index in [1.807, 2.05) is 29.9 Å². The average Bonchev–Trinajstić information content (AvgIpc) is 2.90. The average molecular weight is 288 g/mol. The SMILES string of the molecule is Cc1ccc(F)cc1CN1CCC(n2ccc(N)n2)CC1. The Hall–Kier alpha value is -1.88. The van der Waals surface area contributed by atoms with Gasteiger partial charge in [-0.15, -0.1) is 0 Å². The monoisotopic (exact) mass is 288 g/mol. The van der Waals surface area contributed by atoms with E-state index in [4.69, 9.17) is 5.73 Å². The molecule has 112 valence electrons. The van der Waals surface area contributed by atoms with E-state index in [0.29, 0.717) is 11.9 Å². The standard InChI is InChI=1S/C16H21FN4/c1-12-2-3-14(17)10-13(12)11-20-7-4-15(5-8-20)21-9-6-16(18)19-21/h2-3,6,9-10,15H,4-5,7-8,11H2,1H3,(H2,18,19). The second-order valence-corrected chi connectivity index (χ2v) is 5.80. The molecule has 1 aliphatic heterocycles. The summed E-state index contributed by atoms with van der Waals surface area (Å²) in [5.74, 6) is 0.422. The third-order valence-electron chi connectivity index (χ3n) is 4.27. The molecule has 0 aliphatic carbocycles. The number of nitrogen functional groups attached to an aromatic ring is 1. The largest absolute Gasteiger partial charge is 0.382 e. The molecule has 0 unspecified atom stereocenters. The molecule has 1 aromatic carbocycles. The molecule has 0 atom stereocenters. The molecule has 1 aliphatic rings. The van der Waals surface area contributed by atoms with Gasteiger partial charge in [-0.05, 0) is 49.1 Å². The van der Waals surface area contributed by atoms with Crippen molar-refractivity contribution in [1.29, 1.82) is 0 Å². The van der Waals surface area contributed by atoms with Crippen molar-refractivity contribution in [1.82, 2.24) is 14.7 Å². The number of rotatable bonds is 3. The molecule has 0 amide bonds. The highest BCUT2D eigenvalue weighted by atomic mass is 19.1. The number of anilines is 1. The van der Waals surface area contributed by atoms with E-state index in [1.54, 1.807) is 6.07 Å². The fourth-order valence-electron chi connectivity index (χ4n) is 2.95. The van der Waals surface area contributed by atoms with E-state index >= 15 is 0 Å². The number of benzene rings is 1. The van der Waals surface area contributed by atoms with Crippen molar-refractivity contribution in [2.75, 3.05) is 18.8 Å². The van der Waals surface area contributed by atoms with Gasteiger partial charge in [-0.3, -0.25) is 9.58 Å². The number of aryl methyl sites for hydroxylation is 1. The molecular formula is C16H21FN4. The minimum Gasteiger partial charge on any atom is -0.382 e. The molecule has 1 aromatic heterocycles. The maximum atomic E-state index is 13.3. The van der Waals surface area contributed by atoms with E-state index in [0.717, 1.165) is 43.6 Å². The molecule has 3 rings (SSSR count). The van der Waals surface area contributed by atoms with Gasteiger partial charge in [0.05, 0.1) is 6.04 Å². The minimum atomic E-state index is -0.155. The number of likely N-dealkylation sites (tertiary alicyclic amines) is 1. The topological polar surface area (TPSA) is 47.1 Å². The number of piperidine rings is 1. The predicted molar refractivity (Wildman–Crippen MR) is 81.3 cm³/mol. The van der Waals surface area contributed by atoms with Crippen LogP contribution in [0.25, 0.3) is 0 Å². The molecule has 0 bridgehead atoms. The molecule has 0 radical (unpaired) electrons. The summed E-state index contributed by atoms with van der Waals surface area (Å²) in [6, 6.07) is 7.28. The highest BCUT2D eigenvalue weighted by Gasteiger charge is 2.21. The van der Waals surface area contributed by atoms with Gasteiger partial charge in [0.1, 0.15) is 11.6 Å². The van der Waals surface area contributed by atoms with Gasteiger partial charge in [0.15, 0.2) is 0 Å². The van der Waals surface area contributed by atoms with Crippen LogP contribution in [-0.4, -0.2) is 27.8 Å². The summed E-state index contributed by atoms with van der Waals surface area (Å²) in [5.41, 5.74) is 7.90. The van der Waals surface area contributed by atoms with Crippen molar-refractivity contribution < 1.29 is 4.39 Å². The quantitative estimate of drug-likeness (QED) is 0.944. The van der Waals surface area contributed by atoms with Crippen LogP contribution in [0.2, 0.25) is 0 Å². The summed E-state index contributed by atoms with van der Waals surface area (Å²) >= 11 is 0. The van der Waals surface area contributed by atoms with Gasteiger partial charge >= 0.3 is 0 Å². The van der Waals surface area contributed by atoms with Crippen LogP contribution in [0.15, 0.2) is 30.5 Å². The Kier molecular flexibility index (Phi) is 3.92. The zero-order chi connectivity index (χ0) is 14.8. The summed E-state index contributed by atoms with van der Waals surface area (Å²) in [6.45, 7) is 4.85. The lowest BCUT2D eigenvalue weighted by Gasteiger charge is -2.32. The number of nitrogens with zero attached hydrogens (tertiary/aromatic N) is 3. The molecule has 2 N–H and O–H groups in total. The molecule has 2 heterocycles. The van der Waals surface area contributed by atoms with Gasteiger partial charge in [0.25, 0.3) is 0 Å². The highest BCUT2D eigenvalue weighted by molar-refractivity contribution is 5.26. The smallest absolute Gasteiger partial charge is 0.145 e. The zero-order valence-electron chi connectivity index (χ0n) is 12.3. The maximum absolute atomic E-state index is 13.3. The molecule has 1 saturated heterocycles. The highest BCUT2D eigenvalue weighted by Crippen LogP contribution is 2.24. The summed E-state index contributed by atoms with van der Waals surface area (Å²) in [7, 11) is 0. The normalized spacial score (nSPS) is 17.2. The Morgan fingerprint density at radius 2 is 2.05 bits per heavy atom. The van der Waals surface area contributed by atoms with Crippen LogP contribution >= 0.6 is 0 Å².